The second-order valence-electron chi connectivity index (χ2n) is 5.12. The van der Waals surface area contributed by atoms with Crippen molar-refractivity contribution >= 4 is 5.91 Å². The van der Waals surface area contributed by atoms with Gasteiger partial charge in [0.2, 0.25) is 0 Å². The molecule has 1 heterocycles. The summed E-state index contributed by atoms with van der Waals surface area (Å²) in [7, 11) is 0. The molecule has 0 saturated heterocycles. The molecule has 1 amide bonds. The minimum atomic E-state index is -0.373. The van der Waals surface area contributed by atoms with E-state index in [2.05, 4.69) is 5.32 Å². The number of halogens is 1. The highest BCUT2D eigenvalue weighted by atomic mass is 19.1. The lowest BCUT2D eigenvalue weighted by molar-refractivity contribution is 0.0949. The van der Waals surface area contributed by atoms with Crippen LogP contribution in [0.25, 0.3) is 0 Å². The normalized spacial score (nSPS) is 20.1. The zero-order chi connectivity index (χ0) is 11.5. The van der Waals surface area contributed by atoms with E-state index >= 15 is 0 Å². The highest BCUT2D eigenvalue weighted by Gasteiger charge is 2.53. The molecular formula is C13H14FNO. The van der Waals surface area contributed by atoms with Crippen LogP contribution in [-0.4, -0.2) is 5.91 Å². The van der Waals surface area contributed by atoms with E-state index in [0.29, 0.717) is 0 Å². The quantitative estimate of drug-likeness (QED) is 0.773. The number of hydrogen-bond donors (Lipinski definition) is 1. The summed E-state index contributed by atoms with van der Waals surface area (Å²) in [6, 6.07) is 3.48. The van der Waals surface area contributed by atoms with Crippen molar-refractivity contribution < 1.29 is 9.18 Å². The maximum atomic E-state index is 13.9. The van der Waals surface area contributed by atoms with Crippen molar-refractivity contribution in [2.24, 2.45) is 0 Å². The van der Waals surface area contributed by atoms with Crippen LogP contribution in [0.1, 0.15) is 54.1 Å². The van der Waals surface area contributed by atoms with Crippen LogP contribution >= 0.6 is 0 Å². The van der Waals surface area contributed by atoms with Gasteiger partial charge in [-0.25, -0.2) is 4.39 Å². The summed E-state index contributed by atoms with van der Waals surface area (Å²) < 4.78 is 13.9. The number of amides is 1. The molecule has 84 valence electrons. The topological polar surface area (TPSA) is 29.1 Å². The van der Waals surface area contributed by atoms with E-state index in [-0.39, 0.29) is 28.7 Å². The van der Waals surface area contributed by atoms with Crippen LogP contribution in [0.5, 0.6) is 0 Å². The highest BCUT2D eigenvalue weighted by molar-refractivity contribution is 6.01. The molecule has 1 fully saturated rings. The van der Waals surface area contributed by atoms with Crippen molar-refractivity contribution in [1.29, 1.82) is 0 Å². The molecule has 16 heavy (non-hydrogen) atoms. The van der Waals surface area contributed by atoms with Gasteiger partial charge >= 0.3 is 0 Å². The van der Waals surface area contributed by atoms with Gasteiger partial charge in [-0.3, -0.25) is 4.79 Å². The van der Waals surface area contributed by atoms with Crippen molar-refractivity contribution in [2.75, 3.05) is 0 Å². The zero-order valence-electron chi connectivity index (χ0n) is 9.43. The molecule has 0 aromatic heterocycles. The summed E-state index contributed by atoms with van der Waals surface area (Å²) in [5, 5.41) is 2.90. The van der Waals surface area contributed by atoms with Gasteiger partial charge in [0.25, 0.3) is 5.91 Å². The Balaban J connectivity index is 2.22. The van der Waals surface area contributed by atoms with Gasteiger partial charge in [-0.2, -0.15) is 0 Å². The van der Waals surface area contributed by atoms with Crippen LogP contribution in [0.15, 0.2) is 12.1 Å². The zero-order valence-corrected chi connectivity index (χ0v) is 9.43. The van der Waals surface area contributed by atoms with Gasteiger partial charge in [0, 0.05) is 0 Å². The molecule has 3 rings (SSSR count). The Kier molecular flexibility index (Phi) is 1.74. The lowest BCUT2D eigenvalue weighted by atomic mass is 9.94. The van der Waals surface area contributed by atoms with Crippen molar-refractivity contribution in [1.82, 2.24) is 5.32 Å². The Morgan fingerprint density at radius 1 is 1.38 bits per heavy atom. The van der Waals surface area contributed by atoms with E-state index in [1.54, 1.807) is 0 Å². The molecule has 1 saturated carbocycles. The minimum absolute atomic E-state index is 0.224. The fourth-order valence-corrected chi connectivity index (χ4v) is 2.44. The van der Waals surface area contributed by atoms with Crippen molar-refractivity contribution in [3.8, 4) is 0 Å². The fraction of sp³-hybridized carbons (Fsp3) is 0.462. The Morgan fingerprint density at radius 2 is 2.06 bits per heavy atom. The molecule has 1 aromatic rings. The van der Waals surface area contributed by atoms with Crippen LogP contribution in [0.4, 0.5) is 4.39 Å². The number of fused-ring (bicyclic) bond motifs is 2. The Morgan fingerprint density at radius 3 is 2.62 bits per heavy atom. The molecule has 1 aromatic carbocycles. The second kappa shape index (κ2) is 2.84. The van der Waals surface area contributed by atoms with Gasteiger partial charge in [-0.1, -0.05) is 19.9 Å². The Labute approximate surface area is 93.9 Å². The second-order valence-corrected chi connectivity index (χ2v) is 5.12. The van der Waals surface area contributed by atoms with Crippen molar-refractivity contribution in [3.63, 3.8) is 0 Å². The molecule has 1 N–H and O–H groups in total. The molecule has 3 heteroatoms. The first-order chi connectivity index (χ1) is 7.53. The third-order valence-corrected chi connectivity index (χ3v) is 3.62. The molecule has 1 aliphatic carbocycles. The summed E-state index contributed by atoms with van der Waals surface area (Å²) in [5.74, 6) is -0.339. The fourth-order valence-electron chi connectivity index (χ4n) is 2.44. The molecule has 0 unspecified atom stereocenters. The first kappa shape index (κ1) is 9.82. The molecular weight excluding hydrogens is 205 g/mol. The van der Waals surface area contributed by atoms with E-state index in [0.717, 1.165) is 24.0 Å². The van der Waals surface area contributed by atoms with Gasteiger partial charge < -0.3 is 5.32 Å². The summed E-state index contributed by atoms with van der Waals surface area (Å²) >= 11 is 0. The molecule has 2 aliphatic rings. The van der Waals surface area contributed by atoms with Gasteiger partial charge in [-0.15, -0.1) is 0 Å². The number of nitrogens with one attached hydrogen (secondary N) is 1. The molecule has 2 nitrogen and oxygen atoms in total. The number of hydrogen-bond acceptors (Lipinski definition) is 1. The lowest BCUT2D eigenvalue weighted by Crippen LogP contribution is -2.25. The average molecular weight is 219 g/mol. The molecule has 0 bridgehead atoms. The Hall–Kier alpha value is -1.38. The molecule has 0 atom stereocenters. The van der Waals surface area contributed by atoms with Gasteiger partial charge in [-0.05, 0) is 36.0 Å². The van der Waals surface area contributed by atoms with Gasteiger partial charge in [0.05, 0.1) is 11.1 Å². The molecule has 1 spiro atoms. The smallest absolute Gasteiger partial charge is 0.255 e. The minimum Gasteiger partial charge on any atom is -0.342 e. The number of carbonyl (C=O) groups is 1. The van der Waals surface area contributed by atoms with Gasteiger partial charge in [0.1, 0.15) is 5.82 Å². The standard InChI is InChI=1S/C13H14FNO/c1-7(2)8-5-9-11(10(14)6-8)12(16)15-13(9)3-4-13/h5-7H,3-4H2,1-2H3,(H,15,16). The van der Waals surface area contributed by atoms with Gasteiger partial charge in [0.15, 0.2) is 0 Å². The van der Waals surface area contributed by atoms with Crippen LogP contribution in [0.3, 0.4) is 0 Å². The van der Waals surface area contributed by atoms with Crippen LogP contribution < -0.4 is 5.32 Å². The summed E-state index contributed by atoms with van der Waals surface area (Å²) in [5.41, 5.74) is 1.89. The summed E-state index contributed by atoms with van der Waals surface area (Å²) in [6.45, 7) is 4.07. The predicted octanol–water partition coefficient (Wildman–Crippen LogP) is 2.68. The number of benzene rings is 1. The summed E-state index contributed by atoms with van der Waals surface area (Å²) in [4.78, 5) is 11.7. The first-order valence-electron chi connectivity index (χ1n) is 5.70. The van der Waals surface area contributed by atoms with E-state index < -0.39 is 0 Å². The van der Waals surface area contributed by atoms with E-state index in [4.69, 9.17) is 0 Å². The third kappa shape index (κ3) is 1.14. The van der Waals surface area contributed by atoms with Crippen LogP contribution in [-0.2, 0) is 5.54 Å². The first-order valence-corrected chi connectivity index (χ1v) is 5.70. The largest absolute Gasteiger partial charge is 0.342 e. The third-order valence-electron chi connectivity index (χ3n) is 3.62. The van der Waals surface area contributed by atoms with Crippen LogP contribution in [0.2, 0.25) is 0 Å². The van der Waals surface area contributed by atoms with E-state index in [9.17, 15) is 9.18 Å². The molecule has 1 aliphatic heterocycles. The monoisotopic (exact) mass is 219 g/mol. The van der Waals surface area contributed by atoms with E-state index in [1.807, 2.05) is 19.9 Å². The van der Waals surface area contributed by atoms with Crippen LogP contribution in [0, 0.1) is 5.82 Å². The lowest BCUT2D eigenvalue weighted by Gasteiger charge is -2.12. The maximum Gasteiger partial charge on any atom is 0.255 e. The van der Waals surface area contributed by atoms with Crippen molar-refractivity contribution in [2.45, 2.75) is 38.1 Å². The van der Waals surface area contributed by atoms with Crippen molar-refractivity contribution in [3.05, 3.63) is 34.6 Å². The predicted molar refractivity (Wildman–Crippen MR) is 58.9 cm³/mol. The van der Waals surface area contributed by atoms with E-state index in [1.165, 1.54) is 6.07 Å². The summed E-state index contributed by atoms with van der Waals surface area (Å²) in [6.07, 6.45) is 1.87. The Bertz CT molecular complexity index is 489. The maximum absolute atomic E-state index is 13.9. The highest BCUT2D eigenvalue weighted by Crippen LogP contribution is 2.51. The average Bonchev–Trinajstić information content (AvgIpc) is 2.90. The SMILES string of the molecule is CC(C)c1cc(F)c2c(c1)C1(CC1)NC2=O. The number of rotatable bonds is 1. The number of carbonyl (C=O) groups excluding carboxylic acids is 1. The molecule has 0 radical (unpaired) electrons.